The average Bonchev–Trinajstić information content (AvgIpc) is 2.75. The van der Waals surface area contributed by atoms with Gasteiger partial charge in [0.1, 0.15) is 6.33 Å². The molecule has 0 amide bonds. The SMILES string of the molecule is CCC1CCCC(NCCc2ncn(C)n2)C1. The van der Waals surface area contributed by atoms with Crippen LogP contribution < -0.4 is 5.32 Å². The Hall–Kier alpha value is -0.900. The summed E-state index contributed by atoms with van der Waals surface area (Å²) in [7, 11) is 1.91. The van der Waals surface area contributed by atoms with Gasteiger partial charge in [-0.3, -0.25) is 4.68 Å². The van der Waals surface area contributed by atoms with E-state index in [-0.39, 0.29) is 0 Å². The van der Waals surface area contributed by atoms with Crippen molar-refractivity contribution in [2.24, 2.45) is 13.0 Å². The van der Waals surface area contributed by atoms with Crippen LogP contribution in [0.5, 0.6) is 0 Å². The van der Waals surface area contributed by atoms with Crippen molar-refractivity contribution in [3.05, 3.63) is 12.2 Å². The van der Waals surface area contributed by atoms with Gasteiger partial charge in [-0.15, -0.1) is 0 Å². The fraction of sp³-hybridized carbons (Fsp3) is 0.846. The Morgan fingerprint density at radius 1 is 1.47 bits per heavy atom. The first kappa shape index (κ1) is 12.6. The van der Waals surface area contributed by atoms with Crippen LogP contribution in [0.2, 0.25) is 0 Å². The van der Waals surface area contributed by atoms with Crippen LogP contribution in [0.15, 0.2) is 6.33 Å². The Balaban J connectivity index is 1.68. The van der Waals surface area contributed by atoms with Gasteiger partial charge in [0, 0.05) is 26.1 Å². The molecule has 96 valence electrons. The van der Waals surface area contributed by atoms with Gasteiger partial charge in [0.2, 0.25) is 0 Å². The second-order valence-corrected chi connectivity index (χ2v) is 5.18. The van der Waals surface area contributed by atoms with E-state index >= 15 is 0 Å². The number of hydrogen-bond donors (Lipinski definition) is 1. The highest BCUT2D eigenvalue weighted by molar-refractivity contribution is 4.84. The highest BCUT2D eigenvalue weighted by Crippen LogP contribution is 2.26. The van der Waals surface area contributed by atoms with Crippen molar-refractivity contribution in [2.75, 3.05) is 6.54 Å². The predicted molar refractivity (Wildman–Crippen MR) is 68.7 cm³/mol. The number of nitrogens with one attached hydrogen (secondary N) is 1. The lowest BCUT2D eigenvalue weighted by Gasteiger charge is -2.29. The van der Waals surface area contributed by atoms with Gasteiger partial charge in [-0.2, -0.15) is 5.10 Å². The molecule has 4 heteroatoms. The summed E-state index contributed by atoms with van der Waals surface area (Å²) in [4.78, 5) is 4.24. The van der Waals surface area contributed by atoms with Gasteiger partial charge in [-0.25, -0.2) is 4.98 Å². The standard InChI is InChI=1S/C13H24N4/c1-3-11-5-4-6-12(9-11)14-8-7-13-15-10-17(2)16-13/h10-12,14H,3-9H2,1-2H3. The molecule has 4 nitrogen and oxygen atoms in total. The van der Waals surface area contributed by atoms with Crippen molar-refractivity contribution in [1.82, 2.24) is 20.1 Å². The van der Waals surface area contributed by atoms with Crippen LogP contribution in [-0.2, 0) is 13.5 Å². The van der Waals surface area contributed by atoms with Crippen molar-refractivity contribution in [2.45, 2.75) is 51.5 Å². The Morgan fingerprint density at radius 2 is 2.35 bits per heavy atom. The molecule has 1 aliphatic carbocycles. The lowest BCUT2D eigenvalue weighted by atomic mass is 9.84. The number of rotatable bonds is 5. The zero-order valence-electron chi connectivity index (χ0n) is 11.0. The lowest BCUT2D eigenvalue weighted by molar-refractivity contribution is 0.280. The Morgan fingerprint density at radius 3 is 3.06 bits per heavy atom. The van der Waals surface area contributed by atoms with Gasteiger partial charge in [0.25, 0.3) is 0 Å². The molecule has 0 saturated heterocycles. The maximum Gasteiger partial charge on any atom is 0.151 e. The van der Waals surface area contributed by atoms with Crippen molar-refractivity contribution in [3.63, 3.8) is 0 Å². The molecule has 0 aromatic carbocycles. The summed E-state index contributed by atoms with van der Waals surface area (Å²) in [5.74, 6) is 1.89. The predicted octanol–water partition coefficient (Wildman–Crippen LogP) is 1.92. The van der Waals surface area contributed by atoms with E-state index in [9.17, 15) is 0 Å². The van der Waals surface area contributed by atoms with Crippen LogP contribution in [0.3, 0.4) is 0 Å². The van der Waals surface area contributed by atoms with Crippen LogP contribution in [-0.4, -0.2) is 27.4 Å². The maximum atomic E-state index is 4.29. The number of hydrogen-bond acceptors (Lipinski definition) is 3. The number of aromatic nitrogens is 3. The van der Waals surface area contributed by atoms with Gasteiger partial charge < -0.3 is 5.32 Å². The van der Waals surface area contributed by atoms with E-state index in [1.54, 1.807) is 11.0 Å². The fourth-order valence-corrected chi connectivity index (χ4v) is 2.73. The second kappa shape index (κ2) is 6.15. The highest BCUT2D eigenvalue weighted by atomic mass is 15.3. The normalized spacial score (nSPS) is 25.1. The van der Waals surface area contributed by atoms with Crippen molar-refractivity contribution in [1.29, 1.82) is 0 Å². The molecule has 1 aliphatic rings. The molecule has 0 bridgehead atoms. The summed E-state index contributed by atoms with van der Waals surface area (Å²) in [5, 5.41) is 7.94. The molecule has 2 atom stereocenters. The quantitative estimate of drug-likeness (QED) is 0.849. The molecule has 1 heterocycles. The molecular formula is C13H24N4. The Bertz CT molecular complexity index is 334. The minimum Gasteiger partial charge on any atom is -0.314 e. The monoisotopic (exact) mass is 236 g/mol. The molecule has 17 heavy (non-hydrogen) atoms. The summed E-state index contributed by atoms with van der Waals surface area (Å²) in [6.07, 6.45) is 9.55. The number of nitrogens with zero attached hydrogens (tertiary/aromatic N) is 3. The highest BCUT2D eigenvalue weighted by Gasteiger charge is 2.19. The molecule has 1 fully saturated rings. The van der Waals surface area contributed by atoms with E-state index in [1.807, 2.05) is 7.05 Å². The third-order valence-electron chi connectivity index (χ3n) is 3.79. The van der Waals surface area contributed by atoms with Crippen LogP contribution in [0, 0.1) is 5.92 Å². The summed E-state index contributed by atoms with van der Waals surface area (Å²) >= 11 is 0. The molecule has 2 rings (SSSR count). The summed E-state index contributed by atoms with van der Waals surface area (Å²) in [6, 6.07) is 0.720. The first-order chi connectivity index (χ1) is 8.28. The van der Waals surface area contributed by atoms with E-state index in [4.69, 9.17) is 0 Å². The molecule has 0 aliphatic heterocycles. The summed E-state index contributed by atoms with van der Waals surface area (Å²) in [5.41, 5.74) is 0. The first-order valence-electron chi connectivity index (χ1n) is 6.85. The van der Waals surface area contributed by atoms with Crippen LogP contribution in [0.25, 0.3) is 0 Å². The van der Waals surface area contributed by atoms with Crippen LogP contribution in [0.1, 0.15) is 44.9 Å². The van der Waals surface area contributed by atoms with Gasteiger partial charge in [0.05, 0.1) is 0 Å². The van der Waals surface area contributed by atoms with E-state index in [1.165, 1.54) is 32.1 Å². The fourth-order valence-electron chi connectivity index (χ4n) is 2.73. The van der Waals surface area contributed by atoms with Crippen molar-refractivity contribution in [3.8, 4) is 0 Å². The smallest absolute Gasteiger partial charge is 0.151 e. The van der Waals surface area contributed by atoms with Crippen molar-refractivity contribution < 1.29 is 0 Å². The minimum absolute atomic E-state index is 0.720. The van der Waals surface area contributed by atoms with E-state index in [0.717, 1.165) is 30.7 Å². The Kier molecular flexibility index (Phi) is 4.54. The van der Waals surface area contributed by atoms with Crippen LogP contribution in [0.4, 0.5) is 0 Å². The Labute approximate surface area is 104 Å². The van der Waals surface area contributed by atoms with Crippen molar-refractivity contribution >= 4 is 0 Å². The van der Waals surface area contributed by atoms with Crippen LogP contribution >= 0.6 is 0 Å². The van der Waals surface area contributed by atoms with Gasteiger partial charge in [-0.1, -0.05) is 26.2 Å². The van der Waals surface area contributed by atoms with E-state index in [2.05, 4.69) is 22.3 Å². The first-order valence-corrected chi connectivity index (χ1v) is 6.85. The third kappa shape index (κ3) is 3.80. The molecule has 1 saturated carbocycles. The average molecular weight is 236 g/mol. The summed E-state index contributed by atoms with van der Waals surface area (Å²) < 4.78 is 1.77. The van der Waals surface area contributed by atoms with Gasteiger partial charge in [0.15, 0.2) is 5.82 Å². The minimum atomic E-state index is 0.720. The summed E-state index contributed by atoms with van der Waals surface area (Å²) in [6.45, 7) is 3.32. The van der Waals surface area contributed by atoms with Gasteiger partial charge in [-0.05, 0) is 18.8 Å². The van der Waals surface area contributed by atoms with E-state index < -0.39 is 0 Å². The lowest BCUT2D eigenvalue weighted by Crippen LogP contribution is -2.35. The molecule has 2 unspecified atom stereocenters. The topological polar surface area (TPSA) is 42.7 Å². The second-order valence-electron chi connectivity index (χ2n) is 5.18. The largest absolute Gasteiger partial charge is 0.314 e. The molecule has 0 radical (unpaired) electrons. The van der Waals surface area contributed by atoms with Gasteiger partial charge >= 0.3 is 0 Å². The molecule has 0 spiro atoms. The zero-order valence-corrected chi connectivity index (χ0v) is 11.0. The number of aryl methyl sites for hydroxylation is 1. The molecule has 1 N–H and O–H groups in total. The van der Waals surface area contributed by atoms with E-state index in [0.29, 0.717) is 0 Å². The maximum absolute atomic E-state index is 4.29. The zero-order chi connectivity index (χ0) is 12.1. The molecule has 1 aromatic rings. The molecule has 1 aromatic heterocycles. The third-order valence-corrected chi connectivity index (χ3v) is 3.79. The molecular weight excluding hydrogens is 212 g/mol.